The van der Waals surface area contributed by atoms with Gasteiger partial charge in [-0.2, -0.15) is 0 Å². The van der Waals surface area contributed by atoms with Crippen LogP contribution in [0.1, 0.15) is 167 Å². The van der Waals surface area contributed by atoms with Gasteiger partial charge in [0.2, 0.25) is 0 Å². The Morgan fingerprint density at radius 3 is 1.74 bits per heavy atom. The topological polar surface area (TPSA) is 179 Å². The number of nitrogens with zero attached hydrogens (tertiary/aromatic N) is 2. The zero-order chi connectivity index (χ0) is 52.4. The number of carboxylic acid groups (broad SMARTS) is 2. The van der Waals surface area contributed by atoms with E-state index in [1.165, 1.54) is 131 Å². The first kappa shape index (κ1) is 53.8. The first-order valence-corrected chi connectivity index (χ1v) is 27.1. The van der Waals surface area contributed by atoms with Gasteiger partial charge in [0.1, 0.15) is 24.3 Å². The minimum Gasteiger partial charge on any atom is -0.486 e. The quantitative estimate of drug-likeness (QED) is 0.0639. The van der Waals surface area contributed by atoms with Crippen LogP contribution in [0.2, 0.25) is 10.0 Å². The number of benzene rings is 4. The summed E-state index contributed by atoms with van der Waals surface area (Å²) < 4.78 is 12.0. The van der Waals surface area contributed by atoms with Gasteiger partial charge in [-0.1, -0.05) is 83.2 Å². The maximum absolute atomic E-state index is 12.9. The summed E-state index contributed by atoms with van der Waals surface area (Å²) in [5.41, 5.74) is 2.64. The fourth-order valence-electron chi connectivity index (χ4n) is 14.3. The second kappa shape index (κ2) is 22.6. The number of nitro groups is 2. The van der Waals surface area contributed by atoms with Crippen LogP contribution >= 0.6 is 23.2 Å². The second-order valence-electron chi connectivity index (χ2n) is 22.7. The normalized spacial score (nSPS) is 25.7. The van der Waals surface area contributed by atoms with Crippen molar-refractivity contribution < 1.29 is 39.1 Å². The molecule has 14 heteroatoms. The molecule has 1 unspecified atom stereocenters. The van der Waals surface area contributed by atoms with Crippen LogP contribution in [0.25, 0.3) is 5.57 Å². The summed E-state index contributed by atoms with van der Waals surface area (Å²) in [5.74, 6) is 3.20. The molecule has 4 fully saturated rings. The van der Waals surface area contributed by atoms with E-state index in [-0.39, 0.29) is 57.3 Å². The van der Waals surface area contributed by atoms with Crippen molar-refractivity contribution in [1.29, 1.82) is 0 Å². The summed E-state index contributed by atoms with van der Waals surface area (Å²) in [6, 6.07) is 17.5. The number of ether oxygens (including phenoxy) is 2. The number of non-ortho nitro benzene ring substituents is 2. The predicted octanol–water partition coefficient (Wildman–Crippen LogP) is 16.3. The van der Waals surface area contributed by atoms with Gasteiger partial charge in [0, 0.05) is 24.3 Å². The van der Waals surface area contributed by atoms with Crippen molar-refractivity contribution in [2.24, 2.45) is 58.2 Å². The van der Waals surface area contributed by atoms with Gasteiger partial charge in [-0.25, -0.2) is 9.59 Å². The van der Waals surface area contributed by atoms with Gasteiger partial charge in [-0.3, -0.25) is 20.2 Å². The number of carbonyl (C=O) groups is 2. The number of aromatic carboxylic acids is 2. The maximum atomic E-state index is 12.9. The molecule has 9 atom stereocenters. The summed E-state index contributed by atoms with van der Waals surface area (Å²) in [6.07, 6.45) is 19.2. The van der Waals surface area contributed by atoms with E-state index in [1.54, 1.807) is 12.1 Å². The number of hydrogen-bond donors (Lipinski definition) is 2. The van der Waals surface area contributed by atoms with Crippen LogP contribution < -0.4 is 9.47 Å². The molecule has 0 amide bonds. The summed E-state index contributed by atoms with van der Waals surface area (Å²) in [7, 11) is 0. The average Bonchev–Trinajstić information content (AvgIpc) is 3.71. The summed E-state index contributed by atoms with van der Waals surface area (Å²) in [6.45, 7) is 12.3. The third-order valence-electron chi connectivity index (χ3n) is 18.1. The molecule has 4 aliphatic rings. The van der Waals surface area contributed by atoms with Crippen LogP contribution in [0.4, 0.5) is 11.4 Å². The Bertz CT molecular complexity index is 2590. The molecule has 0 bridgehead atoms. The van der Waals surface area contributed by atoms with Crippen LogP contribution in [0.3, 0.4) is 0 Å². The predicted molar refractivity (Wildman–Crippen MR) is 285 cm³/mol. The lowest BCUT2D eigenvalue weighted by molar-refractivity contribution is -0.385. The van der Waals surface area contributed by atoms with Gasteiger partial charge < -0.3 is 19.7 Å². The van der Waals surface area contributed by atoms with E-state index in [0.717, 1.165) is 48.3 Å². The number of halogens is 2. The molecular formula is C59H70Cl2N2O10. The molecule has 12 nitrogen and oxygen atoms in total. The first-order chi connectivity index (χ1) is 34.8. The molecule has 0 heterocycles. The number of allylic oxidation sites excluding steroid dienone is 1. The highest BCUT2D eigenvalue weighted by Crippen LogP contribution is 2.69. The van der Waals surface area contributed by atoms with Crippen LogP contribution in [-0.4, -0.2) is 32.0 Å². The van der Waals surface area contributed by atoms with Crippen LogP contribution in [0.5, 0.6) is 11.5 Å². The zero-order valence-corrected chi connectivity index (χ0v) is 44.3. The lowest BCUT2D eigenvalue weighted by atomic mass is 9.44. The van der Waals surface area contributed by atoms with Crippen LogP contribution in [0, 0.1) is 78.4 Å². The average molecular weight is 1040 g/mol. The Morgan fingerprint density at radius 1 is 0.712 bits per heavy atom. The molecule has 4 aromatic carbocycles. The SMILES string of the molecule is CC(C)CCC[C@@H](C)[C@H]1CC[C@H]2[C@@H]3CCC4C[C@@H](CCC=C(c5cc(Cl)c(OCc6ccc([N+](=O)[O-])cc6)c(C(=O)O)c5)c5cc(Cl)c(OCc6ccc([N+](=O)[O-])cc6)c(C(=O)O)c5)CC[C@]4(C)[C@H]3CC[C@]12C. The number of rotatable bonds is 20. The lowest BCUT2D eigenvalue weighted by Crippen LogP contribution is -2.53. The van der Waals surface area contributed by atoms with E-state index in [4.69, 9.17) is 32.7 Å². The molecule has 2 N–H and O–H groups in total. The second-order valence-corrected chi connectivity index (χ2v) is 23.5. The molecule has 0 radical (unpaired) electrons. The minimum absolute atomic E-state index is 0.00443. The molecule has 4 aromatic rings. The largest absolute Gasteiger partial charge is 0.486 e. The molecule has 0 saturated heterocycles. The van der Waals surface area contributed by atoms with Gasteiger partial charge in [0.15, 0.2) is 11.5 Å². The fourth-order valence-corrected chi connectivity index (χ4v) is 14.9. The van der Waals surface area contributed by atoms with E-state index < -0.39 is 21.8 Å². The van der Waals surface area contributed by atoms with Gasteiger partial charge in [-0.05, 0) is 205 Å². The fraction of sp³-hybridized carbons (Fsp3) is 0.525. The van der Waals surface area contributed by atoms with Gasteiger partial charge >= 0.3 is 11.9 Å². The highest BCUT2D eigenvalue weighted by atomic mass is 35.5. The summed E-state index contributed by atoms with van der Waals surface area (Å²) in [5, 5.41) is 43.5. The van der Waals surface area contributed by atoms with Crippen molar-refractivity contribution in [3.63, 3.8) is 0 Å². The molecule has 0 aromatic heterocycles. The van der Waals surface area contributed by atoms with Crippen molar-refractivity contribution in [3.8, 4) is 11.5 Å². The number of nitro benzene ring substituents is 2. The van der Waals surface area contributed by atoms with Crippen molar-refractivity contribution >= 4 is 52.1 Å². The molecular weight excluding hydrogens is 968 g/mol. The standard InChI is InChI=1S/C59H70Cl2N2O10/c1-35(2)8-6-9-36(3)49-22-23-50-46-21-16-42-28-37(24-26-58(42,4)51(46)25-27-59(49,50)5)10-7-11-45(40-29-47(56(64)65)54(52(60)31-40)72-33-38-12-17-43(18-13-38)62(68)69)41-30-48(57(66)67)55(53(61)32-41)73-34-39-14-19-44(20-15-39)63(70)71/h11-15,17-20,29-32,35-37,42,46,49-51H,6-10,16,21-28,33-34H2,1-5H3,(H,64,65)(H,66,67)/t36-,37+,42?,46+,49-,50+,51+,58+,59-/m1/s1. The lowest BCUT2D eigenvalue weighted by Gasteiger charge is -2.61. The van der Waals surface area contributed by atoms with E-state index >= 15 is 0 Å². The van der Waals surface area contributed by atoms with Crippen molar-refractivity contribution in [3.05, 3.63) is 143 Å². The molecule has 4 aliphatic carbocycles. The number of fused-ring (bicyclic) bond motifs is 5. The number of hydrogen-bond acceptors (Lipinski definition) is 8. The number of carboxylic acids is 2. The Hall–Kier alpha value is -5.46. The van der Waals surface area contributed by atoms with Gasteiger partial charge in [0.05, 0.1) is 19.9 Å². The van der Waals surface area contributed by atoms with Gasteiger partial charge in [-0.15, -0.1) is 0 Å². The highest BCUT2D eigenvalue weighted by Gasteiger charge is 2.60. The van der Waals surface area contributed by atoms with Gasteiger partial charge in [0.25, 0.3) is 11.4 Å². The van der Waals surface area contributed by atoms with Crippen molar-refractivity contribution in [1.82, 2.24) is 0 Å². The Balaban J connectivity index is 1.03. The zero-order valence-electron chi connectivity index (χ0n) is 42.7. The van der Waals surface area contributed by atoms with E-state index in [2.05, 4.69) is 34.6 Å². The Morgan fingerprint density at radius 2 is 1.23 bits per heavy atom. The third kappa shape index (κ3) is 11.6. The van der Waals surface area contributed by atoms with Crippen LogP contribution in [-0.2, 0) is 13.2 Å². The smallest absolute Gasteiger partial charge is 0.339 e. The van der Waals surface area contributed by atoms with E-state index in [9.17, 15) is 40.0 Å². The minimum atomic E-state index is -1.30. The Labute approximate surface area is 439 Å². The maximum Gasteiger partial charge on any atom is 0.339 e. The molecule has 4 saturated carbocycles. The molecule has 0 aliphatic heterocycles. The summed E-state index contributed by atoms with van der Waals surface area (Å²) in [4.78, 5) is 47.3. The first-order valence-electron chi connectivity index (χ1n) is 26.3. The highest BCUT2D eigenvalue weighted by molar-refractivity contribution is 6.33. The molecule has 73 heavy (non-hydrogen) atoms. The Kier molecular flexibility index (Phi) is 16.6. The third-order valence-corrected chi connectivity index (χ3v) is 18.7. The van der Waals surface area contributed by atoms with Crippen molar-refractivity contribution in [2.75, 3.05) is 0 Å². The molecule has 0 spiro atoms. The molecule has 8 rings (SSSR count). The van der Waals surface area contributed by atoms with E-state index in [0.29, 0.717) is 56.9 Å². The summed E-state index contributed by atoms with van der Waals surface area (Å²) >= 11 is 13.8. The molecule has 390 valence electrons. The van der Waals surface area contributed by atoms with E-state index in [1.807, 2.05) is 6.08 Å². The van der Waals surface area contributed by atoms with Crippen molar-refractivity contribution in [2.45, 2.75) is 138 Å². The monoisotopic (exact) mass is 1040 g/mol. The van der Waals surface area contributed by atoms with Crippen LogP contribution in [0.15, 0.2) is 78.9 Å².